The standard InChI is InChI=1S/C14H22N2O2/c1-8(2)13-11(7-15-14(18)9(3)4)12(17)6-10(5)16-13/h6,8-9H,7H2,1-5H3,(H,15,18)(H,16,17). The predicted octanol–water partition coefficient (Wildman–Crippen LogP) is 2.08. The van der Waals surface area contributed by atoms with Crippen molar-refractivity contribution in [1.29, 1.82) is 0 Å². The fourth-order valence-electron chi connectivity index (χ4n) is 1.80. The number of hydrogen-bond donors (Lipinski definition) is 2. The smallest absolute Gasteiger partial charge is 0.222 e. The number of carbonyl (C=O) groups is 1. The summed E-state index contributed by atoms with van der Waals surface area (Å²) in [5.41, 5.74) is 2.40. The zero-order chi connectivity index (χ0) is 13.9. The highest BCUT2D eigenvalue weighted by molar-refractivity contribution is 5.77. The van der Waals surface area contributed by atoms with Gasteiger partial charge in [0.05, 0.1) is 0 Å². The Labute approximate surface area is 108 Å². The third kappa shape index (κ3) is 3.45. The van der Waals surface area contributed by atoms with E-state index < -0.39 is 0 Å². The Balaban J connectivity index is 3.01. The molecule has 0 bridgehead atoms. The first-order valence-electron chi connectivity index (χ1n) is 6.33. The summed E-state index contributed by atoms with van der Waals surface area (Å²) in [6.07, 6.45) is 0. The van der Waals surface area contributed by atoms with Gasteiger partial charge in [-0.25, -0.2) is 0 Å². The second-order valence-electron chi connectivity index (χ2n) is 5.24. The summed E-state index contributed by atoms with van der Waals surface area (Å²) in [5.74, 6) is 0.116. The van der Waals surface area contributed by atoms with Gasteiger partial charge in [0, 0.05) is 35.5 Å². The van der Waals surface area contributed by atoms with Gasteiger partial charge in [-0.1, -0.05) is 27.7 Å². The maximum atomic E-state index is 12.0. The molecule has 0 aliphatic heterocycles. The Bertz CT molecular complexity index is 487. The number of nitrogens with one attached hydrogen (secondary N) is 2. The molecule has 0 unspecified atom stereocenters. The summed E-state index contributed by atoms with van der Waals surface area (Å²) in [6, 6.07) is 1.57. The van der Waals surface area contributed by atoms with Crippen LogP contribution in [0.25, 0.3) is 0 Å². The first-order chi connectivity index (χ1) is 8.32. The highest BCUT2D eigenvalue weighted by atomic mass is 16.1. The molecular weight excluding hydrogens is 228 g/mol. The number of aromatic nitrogens is 1. The number of rotatable bonds is 4. The Morgan fingerprint density at radius 1 is 1.33 bits per heavy atom. The molecule has 100 valence electrons. The second-order valence-corrected chi connectivity index (χ2v) is 5.24. The average molecular weight is 250 g/mol. The number of carbonyl (C=O) groups excluding carboxylic acids is 1. The second kappa shape index (κ2) is 5.85. The van der Waals surface area contributed by atoms with Crippen LogP contribution < -0.4 is 10.7 Å². The van der Waals surface area contributed by atoms with Gasteiger partial charge in [0.1, 0.15) is 0 Å². The van der Waals surface area contributed by atoms with Gasteiger partial charge >= 0.3 is 0 Å². The molecule has 18 heavy (non-hydrogen) atoms. The normalized spacial score (nSPS) is 11.1. The van der Waals surface area contributed by atoms with Crippen molar-refractivity contribution in [2.75, 3.05) is 0 Å². The molecule has 0 radical (unpaired) electrons. The van der Waals surface area contributed by atoms with Gasteiger partial charge in [-0.2, -0.15) is 0 Å². The quantitative estimate of drug-likeness (QED) is 0.859. The molecule has 0 spiro atoms. The molecule has 0 saturated heterocycles. The SMILES string of the molecule is Cc1cc(=O)c(CNC(=O)C(C)C)c(C(C)C)[nH]1. The maximum absolute atomic E-state index is 12.0. The van der Waals surface area contributed by atoms with Crippen LogP contribution in [-0.4, -0.2) is 10.9 Å². The molecule has 0 aliphatic rings. The van der Waals surface area contributed by atoms with Crippen LogP contribution >= 0.6 is 0 Å². The number of H-pyrrole nitrogens is 1. The largest absolute Gasteiger partial charge is 0.362 e. The van der Waals surface area contributed by atoms with Crippen molar-refractivity contribution < 1.29 is 4.79 Å². The summed E-state index contributed by atoms with van der Waals surface area (Å²) in [6.45, 7) is 9.87. The van der Waals surface area contributed by atoms with Crippen LogP contribution in [0.15, 0.2) is 10.9 Å². The number of aromatic amines is 1. The lowest BCUT2D eigenvalue weighted by Crippen LogP contribution is -2.30. The van der Waals surface area contributed by atoms with E-state index in [2.05, 4.69) is 10.3 Å². The highest BCUT2D eigenvalue weighted by Crippen LogP contribution is 2.14. The van der Waals surface area contributed by atoms with Gasteiger partial charge in [0.15, 0.2) is 5.43 Å². The average Bonchev–Trinajstić information content (AvgIpc) is 2.26. The Morgan fingerprint density at radius 2 is 1.94 bits per heavy atom. The van der Waals surface area contributed by atoms with E-state index in [1.165, 1.54) is 0 Å². The monoisotopic (exact) mass is 250 g/mol. The van der Waals surface area contributed by atoms with Crippen LogP contribution in [0.3, 0.4) is 0 Å². The summed E-state index contributed by atoms with van der Waals surface area (Å²) in [5, 5.41) is 2.80. The first kappa shape index (κ1) is 14.5. The van der Waals surface area contributed by atoms with Crippen molar-refractivity contribution in [2.45, 2.75) is 47.1 Å². The molecule has 4 nitrogen and oxygen atoms in total. The van der Waals surface area contributed by atoms with E-state index in [0.29, 0.717) is 12.1 Å². The van der Waals surface area contributed by atoms with Crippen molar-refractivity contribution in [3.8, 4) is 0 Å². The zero-order valence-corrected chi connectivity index (χ0v) is 11.8. The van der Waals surface area contributed by atoms with E-state index in [1.807, 2.05) is 34.6 Å². The summed E-state index contributed by atoms with van der Waals surface area (Å²) in [7, 11) is 0. The first-order valence-corrected chi connectivity index (χ1v) is 6.33. The van der Waals surface area contributed by atoms with Crippen LogP contribution in [0, 0.1) is 12.8 Å². The molecule has 2 N–H and O–H groups in total. The summed E-state index contributed by atoms with van der Waals surface area (Å²) in [4.78, 5) is 26.7. The third-order valence-corrected chi connectivity index (χ3v) is 2.84. The van der Waals surface area contributed by atoms with Crippen molar-refractivity contribution in [3.05, 3.63) is 33.2 Å². The lowest BCUT2D eigenvalue weighted by atomic mass is 10.0. The summed E-state index contributed by atoms with van der Waals surface area (Å²) < 4.78 is 0. The van der Waals surface area contributed by atoms with Gasteiger partial charge in [-0.3, -0.25) is 9.59 Å². The van der Waals surface area contributed by atoms with Crippen LogP contribution in [-0.2, 0) is 11.3 Å². The minimum Gasteiger partial charge on any atom is -0.362 e. The fraction of sp³-hybridized carbons (Fsp3) is 0.571. The van der Waals surface area contributed by atoms with Crippen LogP contribution in [0.2, 0.25) is 0 Å². The number of amides is 1. The maximum Gasteiger partial charge on any atom is 0.222 e. The zero-order valence-electron chi connectivity index (χ0n) is 11.8. The number of pyridine rings is 1. The van der Waals surface area contributed by atoms with Gasteiger partial charge in [0.2, 0.25) is 5.91 Å². The topological polar surface area (TPSA) is 62.0 Å². The Kier molecular flexibility index (Phi) is 4.70. The molecule has 1 rings (SSSR count). The fourth-order valence-corrected chi connectivity index (χ4v) is 1.80. The van der Waals surface area contributed by atoms with E-state index in [1.54, 1.807) is 6.07 Å². The highest BCUT2D eigenvalue weighted by Gasteiger charge is 2.13. The van der Waals surface area contributed by atoms with Gasteiger partial charge in [-0.05, 0) is 12.8 Å². The van der Waals surface area contributed by atoms with Crippen LogP contribution in [0.5, 0.6) is 0 Å². The number of hydrogen-bond acceptors (Lipinski definition) is 2. The van der Waals surface area contributed by atoms with E-state index in [4.69, 9.17) is 0 Å². The van der Waals surface area contributed by atoms with E-state index in [-0.39, 0.29) is 23.2 Å². The molecule has 0 saturated carbocycles. The van der Waals surface area contributed by atoms with Crippen molar-refractivity contribution in [3.63, 3.8) is 0 Å². The molecule has 0 atom stereocenters. The van der Waals surface area contributed by atoms with Crippen molar-refractivity contribution >= 4 is 5.91 Å². The van der Waals surface area contributed by atoms with E-state index >= 15 is 0 Å². The predicted molar refractivity (Wildman–Crippen MR) is 72.6 cm³/mol. The van der Waals surface area contributed by atoms with E-state index in [0.717, 1.165) is 11.4 Å². The van der Waals surface area contributed by atoms with Gasteiger partial charge < -0.3 is 10.3 Å². The van der Waals surface area contributed by atoms with Gasteiger partial charge in [0.25, 0.3) is 0 Å². The van der Waals surface area contributed by atoms with E-state index in [9.17, 15) is 9.59 Å². The minimum atomic E-state index is -0.0722. The third-order valence-electron chi connectivity index (χ3n) is 2.84. The number of aryl methyl sites for hydroxylation is 1. The van der Waals surface area contributed by atoms with Crippen LogP contribution in [0.1, 0.15) is 50.6 Å². The molecule has 1 aromatic rings. The van der Waals surface area contributed by atoms with Crippen molar-refractivity contribution in [1.82, 2.24) is 10.3 Å². The molecule has 1 amide bonds. The molecule has 4 heteroatoms. The Hall–Kier alpha value is -1.58. The molecule has 0 aliphatic carbocycles. The molecule has 0 aromatic carbocycles. The molecule has 1 aromatic heterocycles. The molecular formula is C14H22N2O2. The summed E-state index contributed by atoms with van der Waals surface area (Å²) >= 11 is 0. The van der Waals surface area contributed by atoms with Crippen LogP contribution in [0.4, 0.5) is 0 Å². The van der Waals surface area contributed by atoms with Crippen molar-refractivity contribution in [2.24, 2.45) is 5.92 Å². The lowest BCUT2D eigenvalue weighted by molar-refractivity contribution is -0.124. The molecule has 1 heterocycles. The lowest BCUT2D eigenvalue weighted by Gasteiger charge is -2.14. The minimum absolute atomic E-state index is 0.0148. The molecule has 0 fully saturated rings. The Morgan fingerprint density at radius 3 is 2.44 bits per heavy atom. The van der Waals surface area contributed by atoms with Gasteiger partial charge in [-0.15, -0.1) is 0 Å².